The highest BCUT2D eigenvalue weighted by atomic mass is 16.4. The molecule has 0 bridgehead atoms. The fourth-order valence-corrected chi connectivity index (χ4v) is 1.97. The van der Waals surface area contributed by atoms with Crippen LogP contribution in [0, 0.1) is 13.8 Å². The van der Waals surface area contributed by atoms with E-state index in [2.05, 4.69) is 40.7 Å². The van der Waals surface area contributed by atoms with Crippen LogP contribution in [0.5, 0.6) is 0 Å². The molecule has 1 aromatic heterocycles. The molecule has 0 spiro atoms. The summed E-state index contributed by atoms with van der Waals surface area (Å²) in [5.41, 5.74) is 10.1. The Hall–Kier alpha value is -2.04. The second kappa shape index (κ2) is 5.08. The highest BCUT2D eigenvalue weighted by Gasteiger charge is 2.05. The zero-order valence-electron chi connectivity index (χ0n) is 10.7. The van der Waals surface area contributed by atoms with Crippen molar-refractivity contribution in [3.05, 3.63) is 29.6 Å². The first-order valence-corrected chi connectivity index (χ1v) is 6.00. The highest BCUT2D eigenvalue weighted by molar-refractivity contribution is 5.79. The van der Waals surface area contributed by atoms with Crippen molar-refractivity contribution in [2.45, 2.75) is 33.2 Å². The third-order valence-corrected chi connectivity index (χ3v) is 3.20. The van der Waals surface area contributed by atoms with E-state index in [-0.39, 0.29) is 5.84 Å². The topological polar surface area (TPSA) is 76.4 Å². The average Bonchev–Trinajstić information content (AvgIpc) is 2.72. The van der Waals surface area contributed by atoms with E-state index < -0.39 is 0 Å². The number of oxime groups is 1. The Bertz CT molecular complexity index is 586. The number of hydrogen-bond donors (Lipinski definition) is 2. The maximum absolute atomic E-state index is 8.47. The molecule has 0 unspecified atom stereocenters. The molecule has 2 aromatic rings. The van der Waals surface area contributed by atoms with Crippen molar-refractivity contribution in [2.24, 2.45) is 10.9 Å². The van der Waals surface area contributed by atoms with Crippen molar-refractivity contribution in [3.63, 3.8) is 0 Å². The molecule has 0 aliphatic carbocycles. The minimum Gasteiger partial charge on any atom is -0.409 e. The maximum Gasteiger partial charge on any atom is 0.139 e. The van der Waals surface area contributed by atoms with Crippen LogP contribution in [0.1, 0.15) is 24.0 Å². The van der Waals surface area contributed by atoms with Gasteiger partial charge in [-0.2, -0.15) is 0 Å². The Morgan fingerprint density at radius 3 is 2.83 bits per heavy atom. The summed E-state index contributed by atoms with van der Waals surface area (Å²) in [6.07, 6.45) is 3.26. The lowest BCUT2D eigenvalue weighted by Gasteiger charge is -2.05. The second-order valence-corrected chi connectivity index (χ2v) is 4.56. The summed E-state index contributed by atoms with van der Waals surface area (Å²) in [6.45, 7) is 5.00. The molecular weight excluding hydrogens is 228 g/mol. The van der Waals surface area contributed by atoms with E-state index in [0.717, 1.165) is 24.0 Å². The van der Waals surface area contributed by atoms with E-state index in [9.17, 15) is 0 Å². The summed E-state index contributed by atoms with van der Waals surface area (Å²) in [5, 5.41) is 11.4. The average molecular weight is 246 g/mol. The van der Waals surface area contributed by atoms with Gasteiger partial charge in [-0.3, -0.25) is 0 Å². The third-order valence-electron chi connectivity index (χ3n) is 3.20. The van der Waals surface area contributed by atoms with Gasteiger partial charge in [0, 0.05) is 13.0 Å². The number of fused-ring (bicyclic) bond motifs is 1. The summed E-state index contributed by atoms with van der Waals surface area (Å²) in [7, 11) is 0. The highest BCUT2D eigenvalue weighted by Crippen LogP contribution is 2.18. The lowest BCUT2D eigenvalue weighted by molar-refractivity contribution is 0.316. The molecule has 0 aliphatic rings. The molecule has 5 heteroatoms. The fraction of sp³-hybridized carbons (Fsp3) is 0.385. The van der Waals surface area contributed by atoms with Gasteiger partial charge in [0.05, 0.1) is 17.4 Å². The summed E-state index contributed by atoms with van der Waals surface area (Å²) in [4.78, 5) is 4.39. The summed E-state index contributed by atoms with van der Waals surface area (Å²) >= 11 is 0. The zero-order valence-corrected chi connectivity index (χ0v) is 10.7. The van der Waals surface area contributed by atoms with Gasteiger partial charge in [0.25, 0.3) is 0 Å². The number of imidazole rings is 1. The smallest absolute Gasteiger partial charge is 0.139 e. The molecule has 2 rings (SSSR count). The first-order valence-electron chi connectivity index (χ1n) is 6.00. The van der Waals surface area contributed by atoms with Crippen LogP contribution in [-0.4, -0.2) is 20.6 Å². The summed E-state index contributed by atoms with van der Waals surface area (Å²) in [6, 6.07) is 4.26. The van der Waals surface area contributed by atoms with Gasteiger partial charge in [-0.1, -0.05) is 5.16 Å². The molecule has 96 valence electrons. The Labute approximate surface area is 106 Å². The van der Waals surface area contributed by atoms with Crippen LogP contribution in [0.4, 0.5) is 0 Å². The summed E-state index contributed by atoms with van der Waals surface area (Å²) in [5.74, 6) is 0.270. The molecule has 0 atom stereocenters. The molecule has 0 aliphatic heterocycles. The molecule has 0 amide bonds. The van der Waals surface area contributed by atoms with Gasteiger partial charge in [0.1, 0.15) is 5.84 Å². The van der Waals surface area contributed by atoms with Crippen LogP contribution < -0.4 is 5.73 Å². The van der Waals surface area contributed by atoms with Crippen LogP contribution in [-0.2, 0) is 6.54 Å². The molecule has 0 saturated carbocycles. The molecule has 0 fully saturated rings. The lowest BCUT2D eigenvalue weighted by Crippen LogP contribution is -2.12. The van der Waals surface area contributed by atoms with Crippen molar-refractivity contribution >= 4 is 16.9 Å². The molecule has 1 heterocycles. The molecule has 3 N–H and O–H groups in total. The van der Waals surface area contributed by atoms with E-state index in [0.29, 0.717) is 6.42 Å². The number of hydrogen-bond acceptors (Lipinski definition) is 3. The number of nitrogens with two attached hydrogens (primary N) is 1. The van der Waals surface area contributed by atoms with Crippen LogP contribution in [0.3, 0.4) is 0 Å². The predicted octanol–water partition coefficient (Wildman–Crippen LogP) is 2.18. The van der Waals surface area contributed by atoms with Crippen LogP contribution in [0.2, 0.25) is 0 Å². The molecule has 18 heavy (non-hydrogen) atoms. The van der Waals surface area contributed by atoms with Gasteiger partial charge in [-0.15, -0.1) is 0 Å². The minimum atomic E-state index is 0.270. The molecule has 5 nitrogen and oxygen atoms in total. The maximum atomic E-state index is 8.47. The van der Waals surface area contributed by atoms with Gasteiger partial charge >= 0.3 is 0 Å². The normalized spacial score (nSPS) is 12.2. The molecule has 0 saturated heterocycles. The number of nitrogens with zero attached hydrogens (tertiary/aromatic N) is 3. The van der Waals surface area contributed by atoms with E-state index in [4.69, 9.17) is 10.9 Å². The number of aromatic nitrogens is 2. The lowest BCUT2D eigenvalue weighted by atomic mass is 10.1. The first kappa shape index (κ1) is 12.4. The van der Waals surface area contributed by atoms with Gasteiger partial charge in [0.2, 0.25) is 0 Å². The first-order chi connectivity index (χ1) is 8.61. The van der Waals surface area contributed by atoms with E-state index >= 15 is 0 Å². The summed E-state index contributed by atoms with van der Waals surface area (Å²) < 4.78 is 2.10. The van der Waals surface area contributed by atoms with Gasteiger partial charge in [-0.25, -0.2) is 4.98 Å². The van der Waals surface area contributed by atoms with Crippen molar-refractivity contribution in [3.8, 4) is 0 Å². The number of rotatable bonds is 4. The van der Waals surface area contributed by atoms with E-state index in [1.807, 2.05) is 6.33 Å². The minimum absolute atomic E-state index is 0.270. The zero-order chi connectivity index (χ0) is 13.1. The largest absolute Gasteiger partial charge is 0.409 e. The van der Waals surface area contributed by atoms with Gasteiger partial charge in [-0.05, 0) is 43.5 Å². The number of amidine groups is 1. The van der Waals surface area contributed by atoms with Crippen LogP contribution >= 0.6 is 0 Å². The Kier molecular flexibility index (Phi) is 3.50. The molecular formula is C13H18N4O. The second-order valence-electron chi connectivity index (χ2n) is 4.56. The predicted molar refractivity (Wildman–Crippen MR) is 71.8 cm³/mol. The fourth-order valence-electron chi connectivity index (χ4n) is 1.97. The SMILES string of the molecule is Cc1cc2ncn(CCC/C(N)=N/O)c2cc1C. The Balaban J connectivity index is 2.17. The monoisotopic (exact) mass is 246 g/mol. The third kappa shape index (κ3) is 2.45. The van der Waals surface area contributed by atoms with E-state index in [1.54, 1.807) is 0 Å². The van der Waals surface area contributed by atoms with Crippen molar-refractivity contribution in [1.82, 2.24) is 9.55 Å². The van der Waals surface area contributed by atoms with Crippen molar-refractivity contribution < 1.29 is 5.21 Å². The van der Waals surface area contributed by atoms with Gasteiger partial charge in [0.15, 0.2) is 0 Å². The van der Waals surface area contributed by atoms with Crippen LogP contribution in [0.25, 0.3) is 11.0 Å². The quantitative estimate of drug-likeness (QED) is 0.376. The standard InChI is InChI=1S/C13H18N4O/c1-9-6-11-12(7-10(9)2)17(8-15-11)5-3-4-13(14)16-18/h6-8,18H,3-5H2,1-2H3,(H2,14,16). The number of benzene rings is 1. The molecule has 1 aromatic carbocycles. The Morgan fingerprint density at radius 1 is 1.39 bits per heavy atom. The Morgan fingerprint density at radius 2 is 2.11 bits per heavy atom. The van der Waals surface area contributed by atoms with Crippen LogP contribution in [0.15, 0.2) is 23.6 Å². The van der Waals surface area contributed by atoms with Crippen molar-refractivity contribution in [2.75, 3.05) is 0 Å². The van der Waals surface area contributed by atoms with Crippen molar-refractivity contribution in [1.29, 1.82) is 0 Å². The number of aryl methyl sites for hydroxylation is 3. The van der Waals surface area contributed by atoms with Gasteiger partial charge < -0.3 is 15.5 Å². The van der Waals surface area contributed by atoms with E-state index in [1.165, 1.54) is 11.1 Å². The molecule has 0 radical (unpaired) electrons.